The maximum atomic E-state index is 11.5. The van der Waals surface area contributed by atoms with Gasteiger partial charge < -0.3 is 20.6 Å². The highest BCUT2D eigenvalue weighted by Crippen LogP contribution is 2.13. The van der Waals surface area contributed by atoms with Crippen LogP contribution in [0.5, 0.6) is 0 Å². The Balaban J connectivity index is 2.25. The summed E-state index contributed by atoms with van der Waals surface area (Å²) < 4.78 is 0. The SMILES string of the molecule is CC[C@@H](NC(=O)NCC1CCCN(C)C1)C(=O)O. The van der Waals surface area contributed by atoms with Gasteiger partial charge in [-0.25, -0.2) is 9.59 Å². The van der Waals surface area contributed by atoms with E-state index in [2.05, 4.69) is 22.6 Å². The lowest BCUT2D eigenvalue weighted by molar-refractivity contribution is -0.139. The molecule has 1 unspecified atom stereocenters. The summed E-state index contributed by atoms with van der Waals surface area (Å²) >= 11 is 0. The normalized spacial score (nSPS) is 22.2. The van der Waals surface area contributed by atoms with Gasteiger partial charge in [-0.15, -0.1) is 0 Å². The summed E-state index contributed by atoms with van der Waals surface area (Å²) in [4.78, 5) is 24.6. The van der Waals surface area contributed by atoms with E-state index in [0.717, 1.165) is 25.9 Å². The summed E-state index contributed by atoms with van der Waals surface area (Å²) in [6, 6.07) is -1.20. The molecule has 0 aromatic carbocycles. The predicted molar refractivity (Wildman–Crippen MR) is 68.5 cm³/mol. The average Bonchev–Trinajstić information content (AvgIpc) is 2.33. The Labute approximate surface area is 108 Å². The molecule has 104 valence electrons. The number of hydrogen-bond donors (Lipinski definition) is 3. The molecular formula is C12H23N3O3. The first-order valence-electron chi connectivity index (χ1n) is 6.48. The van der Waals surface area contributed by atoms with Gasteiger partial charge in [0, 0.05) is 13.1 Å². The van der Waals surface area contributed by atoms with Crippen LogP contribution in [0.1, 0.15) is 26.2 Å². The van der Waals surface area contributed by atoms with Crippen molar-refractivity contribution in [2.24, 2.45) is 5.92 Å². The Kier molecular flexibility index (Phi) is 5.91. The number of likely N-dealkylation sites (tertiary alicyclic amines) is 1. The molecule has 6 nitrogen and oxygen atoms in total. The zero-order chi connectivity index (χ0) is 13.5. The van der Waals surface area contributed by atoms with Crippen LogP contribution in [0.15, 0.2) is 0 Å². The van der Waals surface area contributed by atoms with Crippen LogP contribution in [0.3, 0.4) is 0 Å². The van der Waals surface area contributed by atoms with Crippen molar-refractivity contribution in [2.45, 2.75) is 32.2 Å². The van der Waals surface area contributed by atoms with E-state index in [1.165, 1.54) is 0 Å². The number of nitrogens with one attached hydrogen (secondary N) is 2. The van der Waals surface area contributed by atoms with Crippen molar-refractivity contribution in [3.8, 4) is 0 Å². The predicted octanol–water partition coefficient (Wildman–Crippen LogP) is 0.491. The van der Waals surface area contributed by atoms with Crippen molar-refractivity contribution < 1.29 is 14.7 Å². The molecule has 1 heterocycles. The van der Waals surface area contributed by atoms with Crippen LogP contribution in [0.4, 0.5) is 4.79 Å². The number of carboxylic acids is 1. The molecule has 0 bridgehead atoms. The second kappa shape index (κ2) is 7.20. The summed E-state index contributed by atoms with van der Waals surface area (Å²) in [5.41, 5.74) is 0. The van der Waals surface area contributed by atoms with Crippen LogP contribution in [0, 0.1) is 5.92 Å². The van der Waals surface area contributed by atoms with Gasteiger partial charge in [0.25, 0.3) is 0 Å². The van der Waals surface area contributed by atoms with Gasteiger partial charge in [-0.3, -0.25) is 0 Å². The van der Waals surface area contributed by atoms with Crippen LogP contribution in [-0.4, -0.2) is 54.7 Å². The maximum absolute atomic E-state index is 11.5. The zero-order valence-corrected chi connectivity index (χ0v) is 11.1. The smallest absolute Gasteiger partial charge is 0.326 e. The Bertz CT molecular complexity index is 296. The maximum Gasteiger partial charge on any atom is 0.326 e. The van der Waals surface area contributed by atoms with Gasteiger partial charge in [0.1, 0.15) is 6.04 Å². The van der Waals surface area contributed by atoms with Crippen LogP contribution >= 0.6 is 0 Å². The third kappa shape index (κ3) is 4.91. The molecule has 0 aromatic rings. The van der Waals surface area contributed by atoms with Crippen LogP contribution < -0.4 is 10.6 Å². The largest absolute Gasteiger partial charge is 0.480 e. The number of carboxylic acid groups (broad SMARTS) is 1. The quantitative estimate of drug-likeness (QED) is 0.669. The van der Waals surface area contributed by atoms with E-state index >= 15 is 0 Å². The second-order valence-electron chi connectivity index (χ2n) is 4.92. The van der Waals surface area contributed by atoms with E-state index < -0.39 is 18.0 Å². The summed E-state index contributed by atoms with van der Waals surface area (Å²) in [5.74, 6) is -0.538. The standard InChI is InChI=1S/C12H23N3O3/c1-3-10(11(16)17)14-12(18)13-7-9-5-4-6-15(2)8-9/h9-10H,3-8H2,1-2H3,(H,16,17)(H2,13,14,18)/t9?,10-/m1/s1. The number of nitrogens with zero attached hydrogens (tertiary/aromatic N) is 1. The highest BCUT2D eigenvalue weighted by Gasteiger charge is 2.20. The molecule has 1 fully saturated rings. The number of carbonyl (C=O) groups is 2. The molecule has 0 saturated carbocycles. The third-order valence-corrected chi connectivity index (χ3v) is 3.29. The molecule has 3 N–H and O–H groups in total. The Morgan fingerprint density at radius 2 is 2.22 bits per heavy atom. The minimum absolute atomic E-state index is 0.384. The minimum atomic E-state index is -0.995. The van der Waals surface area contributed by atoms with Gasteiger partial charge in [-0.2, -0.15) is 0 Å². The summed E-state index contributed by atoms with van der Waals surface area (Å²) in [6.07, 6.45) is 2.65. The molecule has 1 rings (SSSR count). The Morgan fingerprint density at radius 1 is 1.50 bits per heavy atom. The van der Waals surface area contributed by atoms with E-state index in [-0.39, 0.29) is 0 Å². The third-order valence-electron chi connectivity index (χ3n) is 3.29. The lowest BCUT2D eigenvalue weighted by Crippen LogP contribution is -2.48. The first-order valence-corrected chi connectivity index (χ1v) is 6.48. The first-order chi connectivity index (χ1) is 8.52. The van der Waals surface area contributed by atoms with Crippen molar-refractivity contribution >= 4 is 12.0 Å². The van der Waals surface area contributed by atoms with Crippen molar-refractivity contribution in [1.82, 2.24) is 15.5 Å². The van der Waals surface area contributed by atoms with Gasteiger partial charge >= 0.3 is 12.0 Å². The molecule has 0 spiro atoms. The number of urea groups is 1. The van der Waals surface area contributed by atoms with E-state index in [1.54, 1.807) is 6.92 Å². The number of rotatable bonds is 5. The van der Waals surface area contributed by atoms with Crippen molar-refractivity contribution in [3.05, 3.63) is 0 Å². The molecule has 0 radical (unpaired) electrons. The summed E-state index contributed by atoms with van der Waals surface area (Å²) in [7, 11) is 2.07. The fraction of sp³-hybridized carbons (Fsp3) is 0.833. The number of carbonyl (C=O) groups excluding carboxylic acids is 1. The van der Waals surface area contributed by atoms with Crippen LogP contribution in [0.2, 0.25) is 0 Å². The van der Waals surface area contributed by atoms with Crippen molar-refractivity contribution in [2.75, 3.05) is 26.7 Å². The summed E-state index contributed by atoms with van der Waals surface area (Å²) in [5, 5.41) is 14.0. The van der Waals surface area contributed by atoms with Gasteiger partial charge in [0.15, 0.2) is 0 Å². The monoisotopic (exact) mass is 257 g/mol. The van der Waals surface area contributed by atoms with E-state index in [9.17, 15) is 9.59 Å². The number of aliphatic carboxylic acids is 1. The van der Waals surface area contributed by atoms with E-state index in [1.807, 2.05) is 0 Å². The van der Waals surface area contributed by atoms with Gasteiger partial charge in [-0.1, -0.05) is 6.92 Å². The lowest BCUT2D eigenvalue weighted by atomic mass is 9.99. The zero-order valence-electron chi connectivity index (χ0n) is 11.1. The Hall–Kier alpha value is -1.30. The molecule has 18 heavy (non-hydrogen) atoms. The fourth-order valence-electron chi connectivity index (χ4n) is 2.22. The molecule has 1 saturated heterocycles. The second-order valence-corrected chi connectivity index (χ2v) is 4.92. The number of hydrogen-bond acceptors (Lipinski definition) is 3. The first kappa shape index (κ1) is 14.8. The molecular weight excluding hydrogens is 234 g/mol. The van der Waals surface area contributed by atoms with Gasteiger partial charge in [0.05, 0.1) is 0 Å². The number of piperidine rings is 1. The molecule has 1 aliphatic rings. The molecule has 0 aliphatic carbocycles. The topological polar surface area (TPSA) is 81.7 Å². The molecule has 0 aromatic heterocycles. The molecule has 6 heteroatoms. The van der Waals surface area contributed by atoms with Crippen LogP contribution in [-0.2, 0) is 4.79 Å². The minimum Gasteiger partial charge on any atom is -0.480 e. The molecule has 2 amide bonds. The van der Waals surface area contributed by atoms with Crippen molar-refractivity contribution in [1.29, 1.82) is 0 Å². The van der Waals surface area contributed by atoms with Crippen molar-refractivity contribution in [3.63, 3.8) is 0 Å². The van der Waals surface area contributed by atoms with Crippen LogP contribution in [0.25, 0.3) is 0 Å². The van der Waals surface area contributed by atoms with E-state index in [0.29, 0.717) is 18.9 Å². The van der Waals surface area contributed by atoms with E-state index in [4.69, 9.17) is 5.11 Å². The fourth-order valence-corrected chi connectivity index (χ4v) is 2.22. The lowest BCUT2D eigenvalue weighted by Gasteiger charge is -2.29. The molecule has 2 atom stereocenters. The Morgan fingerprint density at radius 3 is 2.78 bits per heavy atom. The summed E-state index contributed by atoms with van der Waals surface area (Å²) in [6.45, 7) is 4.43. The highest BCUT2D eigenvalue weighted by molar-refractivity contribution is 5.82. The number of amides is 2. The van der Waals surface area contributed by atoms with Gasteiger partial charge in [-0.05, 0) is 38.8 Å². The van der Waals surface area contributed by atoms with Gasteiger partial charge in [0.2, 0.25) is 0 Å². The molecule has 1 aliphatic heterocycles. The highest BCUT2D eigenvalue weighted by atomic mass is 16.4. The average molecular weight is 257 g/mol.